The first-order valence-electron chi connectivity index (χ1n) is 10.3. The number of carbonyl (C=O) groups excluding carboxylic acids is 1. The summed E-state index contributed by atoms with van der Waals surface area (Å²) in [6, 6.07) is 19.1. The first-order valence-corrected chi connectivity index (χ1v) is 11.5. The smallest absolute Gasteiger partial charge is 0.225 e. The fraction of sp³-hybridized carbons (Fsp3) is 0.120. The molecule has 0 spiro atoms. The van der Waals surface area contributed by atoms with E-state index >= 15 is 0 Å². The number of ketones is 1. The number of ether oxygens (including phenoxy) is 1. The van der Waals surface area contributed by atoms with Crippen LogP contribution in [-0.2, 0) is 6.54 Å². The van der Waals surface area contributed by atoms with E-state index in [-0.39, 0.29) is 5.78 Å². The van der Waals surface area contributed by atoms with Crippen molar-refractivity contribution in [1.82, 2.24) is 19.7 Å². The van der Waals surface area contributed by atoms with E-state index in [1.165, 1.54) is 11.3 Å². The highest BCUT2D eigenvalue weighted by Gasteiger charge is 2.25. The van der Waals surface area contributed by atoms with E-state index in [9.17, 15) is 4.79 Å². The number of rotatable bonds is 6. The molecule has 0 saturated heterocycles. The molecule has 33 heavy (non-hydrogen) atoms. The number of carbonyl (C=O) groups is 1. The van der Waals surface area contributed by atoms with Crippen LogP contribution in [-0.4, -0.2) is 32.6 Å². The second-order valence-corrected chi connectivity index (χ2v) is 8.93. The van der Waals surface area contributed by atoms with E-state index in [4.69, 9.17) is 16.3 Å². The van der Waals surface area contributed by atoms with Gasteiger partial charge >= 0.3 is 0 Å². The fourth-order valence-corrected chi connectivity index (χ4v) is 4.76. The van der Waals surface area contributed by atoms with Crippen molar-refractivity contribution in [1.29, 1.82) is 0 Å². The highest BCUT2D eigenvalue weighted by atomic mass is 35.5. The minimum atomic E-state index is -0.166. The molecule has 0 unspecified atom stereocenters. The number of nitrogens with zero attached hydrogens (tertiary/aromatic N) is 4. The third-order valence-electron chi connectivity index (χ3n) is 5.51. The van der Waals surface area contributed by atoms with Gasteiger partial charge in [0, 0.05) is 34.4 Å². The average molecular weight is 475 g/mol. The maximum Gasteiger partial charge on any atom is 0.225 e. The zero-order chi connectivity index (χ0) is 22.9. The molecule has 0 atom stereocenters. The van der Waals surface area contributed by atoms with E-state index in [1.54, 1.807) is 13.3 Å². The number of benzene rings is 2. The molecule has 164 valence electrons. The second-order valence-electron chi connectivity index (χ2n) is 7.51. The lowest BCUT2D eigenvalue weighted by Gasteiger charge is -2.09. The molecule has 0 radical (unpaired) electrons. The summed E-state index contributed by atoms with van der Waals surface area (Å²) in [6.07, 6.45) is 1.69. The SMILES string of the molecule is COc1ccc2c(c1)c(C(=O)c1nnc(-c3ccccn3)s1)c(C)n2Cc1ccc(Cl)cc1. The van der Waals surface area contributed by atoms with Crippen molar-refractivity contribution in [3.05, 3.63) is 93.7 Å². The number of methoxy groups -OCH3 is 1. The molecule has 3 heterocycles. The standard InChI is InChI=1S/C25H19ClN4O2S/c1-15-22(23(31)25-29-28-24(33-25)20-5-3-4-12-27-20)19-13-18(32-2)10-11-21(19)30(15)14-16-6-8-17(26)9-7-16/h3-13H,14H2,1-2H3. The van der Waals surface area contributed by atoms with Gasteiger partial charge in [0.1, 0.15) is 11.4 Å². The Kier molecular flexibility index (Phi) is 5.66. The van der Waals surface area contributed by atoms with Crippen LogP contribution in [0.1, 0.15) is 26.6 Å². The predicted molar refractivity (Wildman–Crippen MR) is 130 cm³/mol. The van der Waals surface area contributed by atoms with Crippen LogP contribution in [0.5, 0.6) is 5.75 Å². The van der Waals surface area contributed by atoms with Crippen LogP contribution in [0.25, 0.3) is 21.6 Å². The van der Waals surface area contributed by atoms with Gasteiger partial charge in [-0.2, -0.15) is 0 Å². The highest BCUT2D eigenvalue weighted by molar-refractivity contribution is 7.16. The molecule has 6 nitrogen and oxygen atoms in total. The maximum atomic E-state index is 13.7. The zero-order valence-electron chi connectivity index (χ0n) is 17.9. The summed E-state index contributed by atoms with van der Waals surface area (Å²) in [5.41, 5.74) is 4.18. The highest BCUT2D eigenvalue weighted by Crippen LogP contribution is 2.33. The molecule has 5 rings (SSSR count). The van der Waals surface area contributed by atoms with Crippen molar-refractivity contribution >= 4 is 39.6 Å². The van der Waals surface area contributed by atoms with Crippen LogP contribution in [0.4, 0.5) is 0 Å². The van der Waals surface area contributed by atoms with Gasteiger partial charge in [-0.3, -0.25) is 9.78 Å². The van der Waals surface area contributed by atoms with Crippen LogP contribution in [0.3, 0.4) is 0 Å². The van der Waals surface area contributed by atoms with Crippen LogP contribution >= 0.6 is 22.9 Å². The molecule has 0 aliphatic carbocycles. The lowest BCUT2D eigenvalue weighted by atomic mass is 10.1. The molecule has 2 aromatic carbocycles. The van der Waals surface area contributed by atoms with Crippen molar-refractivity contribution in [2.24, 2.45) is 0 Å². The molecule has 3 aromatic heterocycles. The summed E-state index contributed by atoms with van der Waals surface area (Å²) in [5.74, 6) is 0.520. The van der Waals surface area contributed by atoms with Crippen LogP contribution in [0.15, 0.2) is 66.9 Å². The number of halogens is 1. The van der Waals surface area contributed by atoms with Gasteiger partial charge in [-0.15, -0.1) is 10.2 Å². The van der Waals surface area contributed by atoms with Gasteiger partial charge in [0.2, 0.25) is 5.78 Å². The lowest BCUT2D eigenvalue weighted by molar-refractivity contribution is 0.103. The number of pyridine rings is 1. The number of aromatic nitrogens is 4. The molecule has 8 heteroatoms. The fourth-order valence-electron chi connectivity index (χ4n) is 3.87. The zero-order valence-corrected chi connectivity index (χ0v) is 19.5. The molecule has 0 aliphatic heterocycles. The molecular formula is C25H19ClN4O2S. The minimum absolute atomic E-state index is 0.166. The van der Waals surface area contributed by atoms with Gasteiger partial charge in [0.25, 0.3) is 0 Å². The van der Waals surface area contributed by atoms with Gasteiger partial charge in [-0.05, 0) is 55.0 Å². The maximum absolute atomic E-state index is 13.7. The van der Waals surface area contributed by atoms with E-state index in [2.05, 4.69) is 19.7 Å². The number of hydrogen-bond acceptors (Lipinski definition) is 6. The summed E-state index contributed by atoms with van der Waals surface area (Å²) in [4.78, 5) is 18.0. The molecule has 0 saturated carbocycles. The lowest BCUT2D eigenvalue weighted by Crippen LogP contribution is -2.06. The van der Waals surface area contributed by atoms with Crippen molar-refractivity contribution in [3.63, 3.8) is 0 Å². The van der Waals surface area contributed by atoms with Gasteiger partial charge in [0.05, 0.1) is 12.7 Å². The van der Waals surface area contributed by atoms with E-state index in [1.807, 2.05) is 67.6 Å². The summed E-state index contributed by atoms with van der Waals surface area (Å²) in [6.45, 7) is 2.56. The van der Waals surface area contributed by atoms with Gasteiger partial charge in [-0.25, -0.2) is 0 Å². The Morgan fingerprint density at radius 3 is 2.64 bits per heavy atom. The molecule has 0 bridgehead atoms. The van der Waals surface area contributed by atoms with Crippen LogP contribution < -0.4 is 4.74 Å². The first-order chi connectivity index (χ1) is 16.0. The Hall–Kier alpha value is -3.55. The second kappa shape index (κ2) is 8.77. The first kappa shape index (κ1) is 21.3. The van der Waals surface area contributed by atoms with Gasteiger partial charge in [-0.1, -0.05) is 41.1 Å². The topological polar surface area (TPSA) is 69.9 Å². The Morgan fingerprint density at radius 2 is 1.91 bits per heavy atom. The van der Waals surface area contributed by atoms with Crippen molar-refractivity contribution in [2.75, 3.05) is 7.11 Å². The van der Waals surface area contributed by atoms with Crippen molar-refractivity contribution in [3.8, 4) is 16.5 Å². The Labute approximate surface area is 199 Å². The van der Waals surface area contributed by atoms with E-state index in [0.29, 0.717) is 38.6 Å². The van der Waals surface area contributed by atoms with Gasteiger partial charge < -0.3 is 9.30 Å². The summed E-state index contributed by atoms with van der Waals surface area (Å²) in [5, 5.41) is 10.8. The third-order valence-corrected chi connectivity index (χ3v) is 6.71. The Balaban J connectivity index is 1.61. The molecular weight excluding hydrogens is 456 g/mol. The summed E-state index contributed by atoms with van der Waals surface area (Å²) < 4.78 is 7.57. The molecule has 0 aliphatic rings. The summed E-state index contributed by atoms with van der Waals surface area (Å²) >= 11 is 7.29. The molecule has 0 N–H and O–H groups in total. The monoisotopic (exact) mass is 474 g/mol. The van der Waals surface area contributed by atoms with Crippen molar-refractivity contribution in [2.45, 2.75) is 13.5 Å². The predicted octanol–water partition coefficient (Wildman–Crippen LogP) is 5.80. The third kappa shape index (κ3) is 4.01. The van der Waals surface area contributed by atoms with E-state index < -0.39 is 0 Å². The van der Waals surface area contributed by atoms with Crippen LogP contribution in [0, 0.1) is 6.92 Å². The Bertz CT molecular complexity index is 1460. The van der Waals surface area contributed by atoms with Gasteiger partial charge in [0.15, 0.2) is 10.0 Å². The molecule has 0 amide bonds. The Morgan fingerprint density at radius 1 is 1.09 bits per heavy atom. The minimum Gasteiger partial charge on any atom is -0.497 e. The largest absolute Gasteiger partial charge is 0.497 e. The van der Waals surface area contributed by atoms with Crippen molar-refractivity contribution < 1.29 is 9.53 Å². The van der Waals surface area contributed by atoms with E-state index in [0.717, 1.165) is 22.2 Å². The molecule has 5 aromatic rings. The molecule has 0 fully saturated rings. The number of fused-ring (bicyclic) bond motifs is 1. The average Bonchev–Trinajstić information content (AvgIpc) is 3.44. The number of hydrogen-bond donors (Lipinski definition) is 0. The normalized spacial score (nSPS) is 11.1. The quantitative estimate of drug-likeness (QED) is 0.291. The van der Waals surface area contributed by atoms with Crippen LogP contribution in [0.2, 0.25) is 5.02 Å². The summed E-state index contributed by atoms with van der Waals surface area (Å²) in [7, 11) is 1.62.